The Morgan fingerprint density at radius 1 is 0.639 bits per heavy atom. The standard InChI is InChI=1S/C56H61N3Si2/c1-10-19-48(36-45(27-26-42-20-13-11-14-21-42)54-31-29-50(39-57-54)60(4,5)6)59(56-33-28-44(34-41(2)3)52-24-17-18-25-53(52)56)49-37-46(43-22-15-12-16-23-43)35-47(38-49)55-32-30-51(40-58-55)61(7,8)9/h10-18,20-25,27-33,35-41H,1,19,26,34H2,2-9H3/b45-27+,48-36+. The van der Waals surface area contributed by atoms with Crippen molar-refractivity contribution < 1.29 is 0 Å². The van der Waals surface area contributed by atoms with Gasteiger partial charge >= 0.3 is 0 Å². The van der Waals surface area contributed by atoms with Crippen LogP contribution < -0.4 is 15.3 Å². The number of pyridine rings is 2. The number of hydrogen-bond acceptors (Lipinski definition) is 3. The zero-order chi connectivity index (χ0) is 43.1. The summed E-state index contributed by atoms with van der Waals surface area (Å²) in [6.45, 7) is 23.2. The first-order chi connectivity index (χ1) is 29.3. The molecule has 3 nitrogen and oxygen atoms in total. The van der Waals surface area contributed by atoms with Gasteiger partial charge in [0.15, 0.2) is 0 Å². The third-order valence-corrected chi connectivity index (χ3v) is 15.4. The van der Waals surface area contributed by atoms with Gasteiger partial charge in [0.1, 0.15) is 0 Å². The smallest absolute Gasteiger partial charge is 0.0796 e. The lowest BCUT2D eigenvalue weighted by Gasteiger charge is -2.31. The van der Waals surface area contributed by atoms with Crippen LogP contribution in [-0.4, -0.2) is 26.1 Å². The van der Waals surface area contributed by atoms with Gasteiger partial charge in [-0.05, 0) is 105 Å². The molecule has 0 saturated heterocycles. The number of anilines is 2. The van der Waals surface area contributed by atoms with Crippen LogP contribution in [0, 0.1) is 5.92 Å². The molecule has 5 heteroatoms. The Bertz CT molecular complexity index is 2650. The lowest BCUT2D eigenvalue weighted by atomic mass is 9.94. The van der Waals surface area contributed by atoms with Crippen molar-refractivity contribution >= 4 is 54.2 Å². The molecule has 308 valence electrons. The van der Waals surface area contributed by atoms with Crippen molar-refractivity contribution in [1.29, 1.82) is 0 Å². The van der Waals surface area contributed by atoms with E-state index in [1.165, 1.54) is 32.3 Å². The van der Waals surface area contributed by atoms with E-state index in [-0.39, 0.29) is 0 Å². The Labute approximate surface area is 367 Å². The zero-order valence-electron chi connectivity index (χ0n) is 37.4. The summed E-state index contributed by atoms with van der Waals surface area (Å²) in [7, 11) is -3.10. The van der Waals surface area contributed by atoms with Crippen molar-refractivity contribution in [3.05, 3.63) is 199 Å². The monoisotopic (exact) mass is 831 g/mol. The second-order valence-corrected chi connectivity index (χ2v) is 28.9. The number of aromatic nitrogens is 2. The maximum Gasteiger partial charge on any atom is 0.0796 e. The van der Waals surface area contributed by atoms with Crippen LogP contribution in [0.4, 0.5) is 11.4 Å². The molecule has 0 aliphatic carbocycles. The molecule has 0 bridgehead atoms. The Balaban J connectivity index is 1.52. The topological polar surface area (TPSA) is 29.0 Å². The largest absolute Gasteiger partial charge is 0.313 e. The normalized spacial score (nSPS) is 12.5. The maximum atomic E-state index is 5.17. The number of fused-ring (bicyclic) bond motifs is 1. The summed E-state index contributed by atoms with van der Waals surface area (Å²) in [5.74, 6) is 0.531. The van der Waals surface area contributed by atoms with Crippen LogP contribution in [0.1, 0.15) is 37.1 Å². The van der Waals surface area contributed by atoms with Gasteiger partial charge in [-0.3, -0.25) is 9.97 Å². The van der Waals surface area contributed by atoms with Crippen molar-refractivity contribution in [3.8, 4) is 22.4 Å². The van der Waals surface area contributed by atoms with Gasteiger partial charge in [-0.1, -0.05) is 168 Å². The Kier molecular flexibility index (Phi) is 13.3. The third kappa shape index (κ3) is 10.5. The molecule has 0 radical (unpaired) electrons. The van der Waals surface area contributed by atoms with Crippen LogP contribution in [0.25, 0.3) is 38.7 Å². The average molecular weight is 832 g/mol. The van der Waals surface area contributed by atoms with Gasteiger partial charge in [0.05, 0.1) is 33.2 Å². The van der Waals surface area contributed by atoms with E-state index in [1.807, 2.05) is 6.08 Å². The van der Waals surface area contributed by atoms with Gasteiger partial charge < -0.3 is 4.90 Å². The van der Waals surface area contributed by atoms with Crippen molar-refractivity contribution in [1.82, 2.24) is 9.97 Å². The SMILES string of the molecule is C=CC/C(=C\C(=C/Cc1ccccc1)c1ccc([Si](C)(C)C)cn1)N(c1cc(-c2ccccc2)cc(-c2ccc([Si](C)(C)C)cn2)c1)c1ccc(CC(C)C)c2ccccc12. The van der Waals surface area contributed by atoms with E-state index in [9.17, 15) is 0 Å². The van der Waals surface area contributed by atoms with Crippen LogP contribution in [0.5, 0.6) is 0 Å². The molecule has 7 aromatic rings. The number of benzene rings is 5. The quantitative estimate of drug-likeness (QED) is 0.0585. The van der Waals surface area contributed by atoms with E-state index in [0.717, 1.165) is 63.6 Å². The molecule has 0 spiro atoms. The highest BCUT2D eigenvalue weighted by molar-refractivity contribution is 6.89. The Hall–Kier alpha value is -5.89. The van der Waals surface area contributed by atoms with Crippen molar-refractivity contribution in [2.24, 2.45) is 5.92 Å². The fraction of sp³-hybridized carbons (Fsp3) is 0.214. The van der Waals surface area contributed by atoms with E-state index in [4.69, 9.17) is 9.97 Å². The van der Waals surface area contributed by atoms with Gasteiger partial charge in [-0.15, -0.1) is 6.58 Å². The minimum Gasteiger partial charge on any atom is -0.313 e. The summed E-state index contributed by atoms with van der Waals surface area (Å²) in [5, 5.41) is 5.19. The molecular weight excluding hydrogens is 771 g/mol. The summed E-state index contributed by atoms with van der Waals surface area (Å²) >= 11 is 0. The summed E-state index contributed by atoms with van der Waals surface area (Å²) < 4.78 is 0. The van der Waals surface area contributed by atoms with Crippen LogP contribution >= 0.6 is 0 Å². The fourth-order valence-corrected chi connectivity index (χ4v) is 10.0. The highest BCUT2D eigenvalue weighted by Gasteiger charge is 2.23. The Morgan fingerprint density at radius 3 is 1.87 bits per heavy atom. The number of allylic oxidation sites excluding steroid dienone is 4. The highest BCUT2D eigenvalue weighted by Crippen LogP contribution is 2.42. The summed E-state index contributed by atoms with van der Waals surface area (Å²) in [6, 6.07) is 51.0. The molecule has 2 aromatic heterocycles. The molecule has 0 aliphatic heterocycles. The Morgan fingerprint density at radius 2 is 1.26 bits per heavy atom. The van der Waals surface area contributed by atoms with Gasteiger partial charge in [-0.25, -0.2) is 0 Å². The average Bonchev–Trinajstić information content (AvgIpc) is 3.26. The molecule has 7 rings (SSSR count). The zero-order valence-corrected chi connectivity index (χ0v) is 39.4. The first-order valence-corrected chi connectivity index (χ1v) is 28.8. The number of rotatable bonds is 15. The van der Waals surface area contributed by atoms with E-state index in [1.54, 1.807) is 0 Å². The predicted molar refractivity (Wildman–Crippen MR) is 271 cm³/mol. The van der Waals surface area contributed by atoms with Crippen LogP contribution in [0.2, 0.25) is 39.3 Å². The van der Waals surface area contributed by atoms with Gasteiger partial charge in [-0.2, -0.15) is 0 Å². The van der Waals surface area contributed by atoms with Crippen LogP contribution in [0.15, 0.2) is 182 Å². The molecule has 0 amide bonds. The first kappa shape index (κ1) is 43.2. The molecule has 0 fully saturated rings. The lowest BCUT2D eigenvalue weighted by molar-refractivity contribution is 0.650. The minimum absolute atomic E-state index is 0.531. The molecule has 0 saturated carbocycles. The van der Waals surface area contributed by atoms with Gasteiger partial charge in [0.25, 0.3) is 0 Å². The minimum atomic E-state index is -1.56. The van der Waals surface area contributed by atoms with E-state index < -0.39 is 16.1 Å². The van der Waals surface area contributed by atoms with Crippen LogP contribution in [0.3, 0.4) is 0 Å². The predicted octanol–water partition coefficient (Wildman–Crippen LogP) is 14.2. The van der Waals surface area contributed by atoms with Crippen molar-refractivity contribution in [3.63, 3.8) is 0 Å². The van der Waals surface area contributed by atoms with Crippen molar-refractivity contribution in [2.45, 2.75) is 72.4 Å². The molecule has 5 aromatic carbocycles. The van der Waals surface area contributed by atoms with Crippen LogP contribution in [-0.2, 0) is 12.8 Å². The van der Waals surface area contributed by atoms with E-state index >= 15 is 0 Å². The highest BCUT2D eigenvalue weighted by atomic mass is 28.3. The summed E-state index contributed by atoms with van der Waals surface area (Å²) in [4.78, 5) is 12.8. The second-order valence-electron chi connectivity index (χ2n) is 18.7. The molecular formula is C56H61N3Si2. The number of nitrogens with zero attached hydrogens (tertiary/aromatic N) is 3. The molecule has 0 aliphatic rings. The summed E-state index contributed by atoms with van der Waals surface area (Å²) in [6.07, 6.45) is 13.4. The maximum absolute atomic E-state index is 5.17. The molecule has 61 heavy (non-hydrogen) atoms. The summed E-state index contributed by atoms with van der Waals surface area (Å²) in [5.41, 5.74) is 12.3. The molecule has 2 heterocycles. The fourth-order valence-electron chi connectivity index (χ4n) is 7.94. The molecule has 0 atom stereocenters. The van der Waals surface area contributed by atoms with Gasteiger partial charge in [0, 0.05) is 41.1 Å². The number of hydrogen-bond donors (Lipinski definition) is 0. The van der Waals surface area contributed by atoms with Crippen molar-refractivity contribution in [2.75, 3.05) is 4.90 Å². The third-order valence-electron chi connectivity index (χ3n) is 11.4. The first-order valence-electron chi connectivity index (χ1n) is 21.8. The van der Waals surface area contributed by atoms with Gasteiger partial charge in [0.2, 0.25) is 0 Å². The molecule has 0 unspecified atom stereocenters. The second kappa shape index (κ2) is 18.8. The van der Waals surface area contributed by atoms with E-state index in [2.05, 4.69) is 229 Å². The van der Waals surface area contributed by atoms with E-state index in [0.29, 0.717) is 12.3 Å². The lowest BCUT2D eigenvalue weighted by Crippen LogP contribution is -2.37. The molecule has 0 N–H and O–H groups in total.